The highest BCUT2D eigenvalue weighted by molar-refractivity contribution is 7.14. The van der Waals surface area contributed by atoms with Gasteiger partial charge in [-0.1, -0.05) is 59.2 Å². The van der Waals surface area contributed by atoms with Crippen LogP contribution in [0, 0.1) is 0 Å². The first-order valence-electron chi connectivity index (χ1n) is 8.20. The van der Waals surface area contributed by atoms with Crippen molar-refractivity contribution in [2.24, 2.45) is 0 Å². The SMILES string of the molecule is O=C(Cc1cccc(Cl)c1)Nc1ccsc1-c1nc(-c2ccccc2)no1. The average Bonchev–Trinajstić information content (AvgIpc) is 3.31. The molecule has 0 radical (unpaired) electrons. The Morgan fingerprint density at radius 2 is 1.96 bits per heavy atom. The number of nitrogens with one attached hydrogen (secondary N) is 1. The second-order valence-electron chi connectivity index (χ2n) is 5.81. The third kappa shape index (κ3) is 4.07. The number of carbonyl (C=O) groups excluding carboxylic acids is 1. The first-order chi connectivity index (χ1) is 13.2. The van der Waals surface area contributed by atoms with E-state index >= 15 is 0 Å². The van der Waals surface area contributed by atoms with E-state index in [2.05, 4.69) is 15.5 Å². The van der Waals surface area contributed by atoms with Gasteiger partial charge in [0.2, 0.25) is 11.7 Å². The molecule has 4 rings (SSSR count). The van der Waals surface area contributed by atoms with Crippen LogP contribution in [-0.4, -0.2) is 16.0 Å². The second-order valence-corrected chi connectivity index (χ2v) is 7.16. The smallest absolute Gasteiger partial charge is 0.270 e. The van der Waals surface area contributed by atoms with Crippen molar-refractivity contribution in [3.63, 3.8) is 0 Å². The van der Waals surface area contributed by atoms with E-state index in [1.54, 1.807) is 12.1 Å². The lowest BCUT2D eigenvalue weighted by Gasteiger charge is -2.05. The van der Waals surface area contributed by atoms with Crippen LogP contribution in [0.15, 0.2) is 70.6 Å². The number of rotatable bonds is 5. The number of carbonyl (C=O) groups is 1. The van der Waals surface area contributed by atoms with Crippen LogP contribution >= 0.6 is 22.9 Å². The molecule has 0 atom stereocenters. The fraction of sp³-hybridized carbons (Fsp3) is 0.0500. The second kappa shape index (κ2) is 7.73. The van der Waals surface area contributed by atoms with Crippen molar-refractivity contribution in [2.75, 3.05) is 5.32 Å². The molecule has 4 aromatic rings. The monoisotopic (exact) mass is 395 g/mol. The number of thiophene rings is 1. The number of benzene rings is 2. The van der Waals surface area contributed by atoms with Gasteiger partial charge in [0.25, 0.3) is 5.89 Å². The van der Waals surface area contributed by atoms with E-state index in [4.69, 9.17) is 16.1 Å². The van der Waals surface area contributed by atoms with Crippen LogP contribution in [0.25, 0.3) is 22.2 Å². The highest BCUT2D eigenvalue weighted by Crippen LogP contribution is 2.33. The predicted octanol–water partition coefficient (Wildman–Crippen LogP) is 5.30. The molecule has 134 valence electrons. The summed E-state index contributed by atoms with van der Waals surface area (Å²) in [7, 11) is 0. The molecular weight excluding hydrogens is 382 g/mol. The summed E-state index contributed by atoms with van der Waals surface area (Å²) >= 11 is 7.40. The Morgan fingerprint density at radius 3 is 2.78 bits per heavy atom. The molecular formula is C20H14ClN3O2S. The maximum atomic E-state index is 12.4. The Kier molecular flexibility index (Phi) is 5.00. The van der Waals surface area contributed by atoms with E-state index in [0.717, 1.165) is 16.0 Å². The molecule has 0 saturated carbocycles. The zero-order valence-corrected chi connectivity index (χ0v) is 15.6. The molecule has 2 aromatic carbocycles. The zero-order chi connectivity index (χ0) is 18.6. The molecule has 0 spiro atoms. The minimum Gasteiger partial charge on any atom is -0.333 e. The third-order valence-corrected chi connectivity index (χ3v) is 4.98. The first kappa shape index (κ1) is 17.5. The quantitative estimate of drug-likeness (QED) is 0.498. The van der Waals surface area contributed by atoms with Gasteiger partial charge in [0, 0.05) is 10.6 Å². The number of nitrogens with zero attached hydrogens (tertiary/aromatic N) is 2. The van der Waals surface area contributed by atoms with E-state index < -0.39 is 0 Å². The molecule has 2 heterocycles. The van der Waals surface area contributed by atoms with Gasteiger partial charge >= 0.3 is 0 Å². The highest BCUT2D eigenvalue weighted by Gasteiger charge is 2.17. The van der Waals surface area contributed by atoms with Gasteiger partial charge < -0.3 is 9.84 Å². The summed E-state index contributed by atoms with van der Waals surface area (Å²) in [4.78, 5) is 17.6. The van der Waals surface area contributed by atoms with Crippen molar-refractivity contribution in [2.45, 2.75) is 6.42 Å². The lowest BCUT2D eigenvalue weighted by atomic mass is 10.1. The number of halogens is 1. The minimum atomic E-state index is -0.139. The Labute approximate surface area is 164 Å². The van der Waals surface area contributed by atoms with Crippen LogP contribution in [-0.2, 0) is 11.2 Å². The Balaban J connectivity index is 1.51. The van der Waals surface area contributed by atoms with E-state index in [9.17, 15) is 4.79 Å². The minimum absolute atomic E-state index is 0.139. The number of aromatic nitrogens is 2. The number of amides is 1. The molecule has 27 heavy (non-hydrogen) atoms. The number of hydrogen-bond acceptors (Lipinski definition) is 5. The molecule has 0 aliphatic carbocycles. The molecule has 0 aliphatic heterocycles. The predicted molar refractivity (Wildman–Crippen MR) is 107 cm³/mol. The Hall–Kier alpha value is -2.96. The molecule has 0 aliphatic rings. The van der Waals surface area contributed by atoms with Gasteiger partial charge in [-0.3, -0.25) is 4.79 Å². The van der Waals surface area contributed by atoms with Crippen molar-refractivity contribution in [1.29, 1.82) is 0 Å². The van der Waals surface area contributed by atoms with E-state index in [0.29, 0.717) is 22.4 Å². The summed E-state index contributed by atoms with van der Waals surface area (Å²) in [5.41, 5.74) is 2.37. The van der Waals surface area contributed by atoms with Crippen molar-refractivity contribution in [1.82, 2.24) is 10.1 Å². The molecule has 0 unspecified atom stereocenters. The van der Waals surface area contributed by atoms with Crippen molar-refractivity contribution in [3.05, 3.63) is 76.6 Å². The fourth-order valence-corrected chi connectivity index (χ4v) is 3.60. The summed E-state index contributed by atoms with van der Waals surface area (Å²) < 4.78 is 5.40. The summed E-state index contributed by atoms with van der Waals surface area (Å²) in [5, 5.41) is 9.42. The van der Waals surface area contributed by atoms with Crippen LogP contribution in [0.1, 0.15) is 5.56 Å². The lowest BCUT2D eigenvalue weighted by molar-refractivity contribution is -0.115. The van der Waals surface area contributed by atoms with Crippen molar-refractivity contribution >= 4 is 34.5 Å². The van der Waals surface area contributed by atoms with E-state index in [1.807, 2.05) is 53.9 Å². The van der Waals surface area contributed by atoms with E-state index in [1.165, 1.54) is 11.3 Å². The summed E-state index contributed by atoms with van der Waals surface area (Å²) in [6, 6.07) is 18.7. The van der Waals surface area contributed by atoms with Gasteiger partial charge in [0.15, 0.2) is 0 Å². The van der Waals surface area contributed by atoms with Gasteiger partial charge in [-0.05, 0) is 29.1 Å². The molecule has 1 amide bonds. The van der Waals surface area contributed by atoms with Crippen LogP contribution in [0.3, 0.4) is 0 Å². The van der Waals surface area contributed by atoms with Gasteiger partial charge in [0.1, 0.15) is 4.88 Å². The van der Waals surface area contributed by atoms with Crippen LogP contribution in [0.2, 0.25) is 5.02 Å². The maximum absolute atomic E-state index is 12.4. The third-order valence-electron chi connectivity index (χ3n) is 3.85. The first-order valence-corrected chi connectivity index (χ1v) is 9.46. The van der Waals surface area contributed by atoms with Gasteiger partial charge in [0.05, 0.1) is 12.1 Å². The summed E-state index contributed by atoms with van der Waals surface area (Å²) in [6.07, 6.45) is 0.231. The maximum Gasteiger partial charge on any atom is 0.270 e. The number of hydrogen-bond donors (Lipinski definition) is 1. The fourth-order valence-electron chi connectivity index (χ4n) is 2.62. The average molecular weight is 396 g/mol. The van der Waals surface area contributed by atoms with Gasteiger partial charge in [-0.15, -0.1) is 11.3 Å². The molecule has 2 aromatic heterocycles. The van der Waals surface area contributed by atoms with Crippen molar-refractivity contribution < 1.29 is 9.32 Å². The molecule has 0 bridgehead atoms. The van der Waals surface area contributed by atoms with Gasteiger partial charge in [-0.2, -0.15) is 4.98 Å². The zero-order valence-electron chi connectivity index (χ0n) is 14.1. The Morgan fingerprint density at radius 1 is 1.11 bits per heavy atom. The lowest BCUT2D eigenvalue weighted by Crippen LogP contribution is -2.14. The Bertz CT molecular complexity index is 1080. The molecule has 5 nitrogen and oxygen atoms in total. The molecule has 1 N–H and O–H groups in total. The largest absolute Gasteiger partial charge is 0.333 e. The molecule has 0 saturated heterocycles. The highest BCUT2D eigenvalue weighted by atomic mass is 35.5. The standard InChI is InChI=1S/C20H14ClN3O2S/c21-15-8-4-5-13(11-15)12-17(25)22-16-9-10-27-18(16)20-23-19(24-26-20)14-6-2-1-3-7-14/h1-11H,12H2,(H,22,25). The van der Waals surface area contributed by atoms with Crippen LogP contribution in [0.4, 0.5) is 5.69 Å². The summed E-state index contributed by atoms with van der Waals surface area (Å²) in [5.74, 6) is 0.747. The normalized spacial score (nSPS) is 10.7. The topological polar surface area (TPSA) is 68.0 Å². The molecule has 7 heteroatoms. The molecule has 0 fully saturated rings. The number of anilines is 1. The van der Waals surface area contributed by atoms with Crippen molar-refractivity contribution in [3.8, 4) is 22.2 Å². The van der Waals surface area contributed by atoms with Crippen LogP contribution < -0.4 is 5.32 Å². The van der Waals surface area contributed by atoms with Crippen LogP contribution in [0.5, 0.6) is 0 Å². The van der Waals surface area contributed by atoms with Gasteiger partial charge in [-0.25, -0.2) is 0 Å². The summed E-state index contributed by atoms with van der Waals surface area (Å²) in [6.45, 7) is 0. The van der Waals surface area contributed by atoms with E-state index in [-0.39, 0.29) is 12.3 Å².